The van der Waals surface area contributed by atoms with Crippen molar-refractivity contribution in [3.05, 3.63) is 65.5 Å². The maximum atomic E-state index is 13.0. The van der Waals surface area contributed by atoms with Gasteiger partial charge in [-0.3, -0.25) is 14.4 Å². The summed E-state index contributed by atoms with van der Waals surface area (Å²) in [5.41, 5.74) is 1.32. The Labute approximate surface area is 181 Å². The molecular formula is C24H27FN2O4. The van der Waals surface area contributed by atoms with Crippen LogP contribution < -0.4 is 4.74 Å². The lowest BCUT2D eigenvalue weighted by molar-refractivity contribution is -0.139. The molecule has 2 aromatic rings. The zero-order valence-corrected chi connectivity index (χ0v) is 17.7. The third-order valence-corrected chi connectivity index (χ3v) is 5.31. The number of nitrogens with zero attached hydrogens (tertiary/aromatic N) is 2. The summed E-state index contributed by atoms with van der Waals surface area (Å²) in [5.74, 6) is 0.185. The number of carbonyl (C=O) groups is 3. The van der Waals surface area contributed by atoms with Gasteiger partial charge in [0.2, 0.25) is 11.8 Å². The standard InChI is InChI=1S/C24H27FN2O4/c1-2-31-21-9-5-19(6-10-21)22(28)11-12-23(29)26-13-15-27(16-14-26)24(30)17-18-3-7-20(25)8-4-18/h3-10H,2,11-17H2,1H3. The second-order valence-corrected chi connectivity index (χ2v) is 7.45. The highest BCUT2D eigenvalue weighted by Gasteiger charge is 2.24. The quantitative estimate of drug-likeness (QED) is 0.609. The van der Waals surface area contributed by atoms with Crippen molar-refractivity contribution < 1.29 is 23.5 Å². The summed E-state index contributed by atoms with van der Waals surface area (Å²) in [4.78, 5) is 40.7. The molecule has 6 nitrogen and oxygen atoms in total. The summed E-state index contributed by atoms with van der Waals surface area (Å²) < 4.78 is 18.4. The summed E-state index contributed by atoms with van der Waals surface area (Å²) in [5, 5.41) is 0. The van der Waals surface area contributed by atoms with Crippen LogP contribution in [0.4, 0.5) is 4.39 Å². The van der Waals surface area contributed by atoms with E-state index in [0.29, 0.717) is 44.1 Å². The van der Waals surface area contributed by atoms with Crippen LogP contribution in [0, 0.1) is 5.82 Å². The molecule has 164 valence electrons. The molecule has 1 heterocycles. The van der Waals surface area contributed by atoms with Gasteiger partial charge in [0, 0.05) is 44.6 Å². The Balaban J connectivity index is 1.41. The van der Waals surface area contributed by atoms with Gasteiger partial charge < -0.3 is 14.5 Å². The molecule has 0 N–H and O–H groups in total. The number of ether oxygens (including phenoxy) is 1. The molecule has 2 aromatic carbocycles. The van der Waals surface area contributed by atoms with Crippen molar-refractivity contribution in [3.63, 3.8) is 0 Å². The van der Waals surface area contributed by atoms with Crippen LogP contribution in [-0.2, 0) is 16.0 Å². The molecule has 31 heavy (non-hydrogen) atoms. The molecule has 0 bridgehead atoms. The van der Waals surface area contributed by atoms with E-state index >= 15 is 0 Å². The van der Waals surface area contributed by atoms with Gasteiger partial charge in [0.1, 0.15) is 11.6 Å². The second kappa shape index (κ2) is 10.7. The lowest BCUT2D eigenvalue weighted by Gasteiger charge is -2.35. The molecule has 1 fully saturated rings. The maximum absolute atomic E-state index is 13.0. The Morgan fingerprint density at radius 1 is 0.839 bits per heavy atom. The highest BCUT2D eigenvalue weighted by molar-refractivity contribution is 5.98. The van der Waals surface area contributed by atoms with Crippen molar-refractivity contribution in [2.75, 3.05) is 32.8 Å². The van der Waals surface area contributed by atoms with Gasteiger partial charge in [-0.25, -0.2) is 4.39 Å². The van der Waals surface area contributed by atoms with Gasteiger partial charge in [0.05, 0.1) is 13.0 Å². The van der Waals surface area contributed by atoms with Crippen molar-refractivity contribution in [2.24, 2.45) is 0 Å². The SMILES string of the molecule is CCOc1ccc(C(=O)CCC(=O)N2CCN(C(=O)Cc3ccc(F)cc3)CC2)cc1. The van der Waals surface area contributed by atoms with Gasteiger partial charge in [-0.1, -0.05) is 12.1 Å². The van der Waals surface area contributed by atoms with Crippen LogP contribution in [0.1, 0.15) is 35.7 Å². The fraction of sp³-hybridized carbons (Fsp3) is 0.375. The van der Waals surface area contributed by atoms with E-state index < -0.39 is 0 Å². The first-order chi connectivity index (χ1) is 15.0. The van der Waals surface area contributed by atoms with Crippen LogP contribution >= 0.6 is 0 Å². The highest BCUT2D eigenvalue weighted by atomic mass is 19.1. The number of Topliss-reactive ketones (excluding diaryl/α,β-unsaturated/α-hetero) is 1. The Hall–Kier alpha value is -3.22. The summed E-state index contributed by atoms with van der Waals surface area (Å²) in [7, 11) is 0. The van der Waals surface area contributed by atoms with Crippen LogP contribution in [0.15, 0.2) is 48.5 Å². The van der Waals surface area contributed by atoms with E-state index in [1.54, 1.807) is 46.2 Å². The molecule has 0 saturated carbocycles. The van der Waals surface area contributed by atoms with Crippen LogP contribution in [0.5, 0.6) is 5.75 Å². The van der Waals surface area contributed by atoms with E-state index in [1.807, 2.05) is 6.92 Å². The third-order valence-electron chi connectivity index (χ3n) is 5.31. The van der Waals surface area contributed by atoms with Crippen molar-refractivity contribution in [3.8, 4) is 5.75 Å². The first-order valence-corrected chi connectivity index (χ1v) is 10.5. The highest BCUT2D eigenvalue weighted by Crippen LogP contribution is 2.15. The average molecular weight is 426 g/mol. The van der Waals surface area contributed by atoms with Gasteiger partial charge in [-0.2, -0.15) is 0 Å². The zero-order chi connectivity index (χ0) is 22.2. The van der Waals surface area contributed by atoms with Crippen LogP contribution in [0.25, 0.3) is 0 Å². The van der Waals surface area contributed by atoms with E-state index in [2.05, 4.69) is 0 Å². The molecule has 0 spiro atoms. The summed E-state index contributed by atoms with van der Waals surface area (Å²) in [6.45, 7) is 4.27. The molecule has 1 aliphatic rings. The first-order valence-electron chi connectivity index (χ1n) is 10.5. The minimum Gasteiger partial charge on any atom is -0.494 e. The molecule has 0 radical (unpaired) electrons. The number of hydrogen-bond acceptors (Lipinski definition) is 4. The van der Waals surface area contributed by atoms with E-state index in [0.717, 1.165) is 5.56 Å². The Morgan fingerprint density at radius 2 is 1.42 bits per heavy atom. The molecule has 1 saturated heterocycles. The smallest absolute Gasteiger partial charge is 0.227 e. The lowest BCUT2D eigenvalue weighted by atomic mass is 10.1. The fourth-order valence-corrected chi connectivity index (χ4v) is 3.52. The molecule has 3 rings (SSSR count). The van der Waals surface area contributed by atoms with E-state index in [-0.39, 0.29) is 42.7 Å². The minimum absolute atomic E-state index is 0.0376. The fourth-order valence-electron chi connectivity index (χ4n) is 3.52. The topological polar surface area (TPSA) is 66.9 Å². The summed E-state index contributed by atoms with van der Waals surface area (Å²) >= 11 is 0. The van der Waals surface area contributed by atoms with Crippen molar-refractivity contribution in [2.45, 2.75) is 26.2 Å². The van der Waals surface area contributed by atoms with Gasteiger partial charge in [0.15, 0.2) is 5.78 Å². The number of ketones is 1. The van der Waals surface area contributed by atoms with Gasteiger partial charge in [0.25, 0.3) is 0 Å². The van der Waals surface area contributed by atoms with Crippen molar-refractivity contribution in [1.82, 2.24) is 9.80 Å². The number of hydrogen-bond donors (Lipinski definition) is 0. The van der Waals surface area contributed by atoms with Gasteiger partial charge in [-0.05, 0) is 48.9 Å². The number of rotatable bonds is 8. The van der Waals surface area contributed by atoms with E-state index in [9.17, 15) is 18.8 Å². The van der Waals surface area contributed by atoms with Crippen LogP contribution in [-0.4, -0.2) is 60.2 Å². The first kappa shape index (κ1) is 22.5. The number of piperazine rings is 1. The second-order valence-electron chi connectivity index (χ2n) is 7.45. The Bertz CT molecular complexity index is 904. The number of halogens is 1. The Morgan fingerprint density at radius 3 is 2.00 bits per heavy atom. The zero-order valence-electron chi connectivity index (χ0n) is 17.7. The predicted molar refractivity (Wildman–Crippen MR) is 114 cm³/mol. The average Bonchev–Trinajstić information content (AvgIpc) is 2.79. The van der Waals surface area contributed by atoms with Crippen LogP contribution in [0.3, 0.4) is 0 Å². The lowest BCUT2D eigenvalue weighted by Crippen LogP contribution is -2.51. The molecule has 1 aliphatic heterocycles. The van der Waals surface area contributed by atoms with E-state index in [1.165, 1.54) is 12.1 Å². The summed E-state index contributed by atoms with van der Waals surface area (Å²) in [6.07, 6.45) is 0.511. The number of carbonyl (C=O) groups excluding carboxylic acids is 3. The normalized spacial score (nSPS) is 13.7. The molecular weight excluding hydrogens is 399 g/mol. The molecule has 7 heteroatoms. The third kappa shape index (κ3) is 6.38. The van der Waals surface area contributed by atoms with Crippen molar-refractivity contribution in [1.29, 1.82) is 0 Å². The Kier molecular flexibility index (Phi) is 7.76. The molecule has 0 atom stereocenters. The monoisotopic (exact) mass is 426 g/mol. The number of amides is 2. The van der Waals surface area contributed by atoms with Crippen molar-refractivity contribution >= 4 is 17.6 Å². The predicted octanol–water partition coefficient (Wildman–Crippen LogP) is 3.10. The molecule has 2 amide bonds. The molecule has 0 aromatic heterocycles. The molecule has 0 aliphatic carbocycles. The minimum atomic E-state index is -0.329. The largest absolute Gasteiger partial charge is 0.494 e. The maximum Gasteiger partial charge on any atom is 0.227 e. The number of benzene rings is 2. The van der Waals surface area contributed by atoms with Crippen LogP contribution in [0.2, 0.25) is 0 Å². The molecule has 0 unspecified atom stereocenters. The van der Waals surface area contributed by atoms with Gasteiger partial charge in [-0.15, -0.1) is 0 Å². The van der Waals surface area contributed by atoms with E-state index in [4.69, 9.17) is 4.74 Å². The van der Waals surface area contributed by atoms with Gasteiger partial charge >= 0.3 is 0 Å². The summed E-state index contributed by atoms with van der Waals surface area (Å²) in [6, 6.07) is 12.8.